The minimum Gasteiger partial charge on any atom is -0.493 e. The molecule has 0 unspecified atom stereocenters. The van der Waals surface area contributed by atoms with Crippen LogP contribution in [0.25, 0.3) is 0 Å². The maximum absolute atomic E-state index is 11.7. The predicted molar refractivity (Wildman–Crippen MR) is 105 cm³/mol. The van der Waals surface area contributed by atoms with Crippen molar-refractivity contribution in [3.05, 3.63) is 17.7 Å². The summed E-state index contributed by atoms with van der Waals surface area (Å²) in [5.41, 5.74) is 0.245. The molecule has 0 bridgehead atoms. The molecule has 0 aromatic heterocycles. The highest BCUT2D eigenvalue weighted by Gasteiger charge is 2.18. The number of carbonyl (C=O) groups is 1. The number of nitrogens with zero attached hydrogens (tertiary/aromatic N) is 3. The average Bonchev–Trinajstić information content (AvgIpc) is 2.66. The molecule has 0 aliphatic heterocycles. The molecule has 10 nitrogen and oxygen atoms in total. The molecule has 0 aliphatic carbocycles. The number of benzene rings is 1. The van der Waals surface area contributed by atoms with E-state index < -0.39 is 12.2 Å². The SMILES string of the molecule is COc1cc(/C(C#N)=N/N=C(\OC(=O)OC(C)C)OC(C)C)cc(OC)c1OC. The van der Waals surface area contributed by atoms with Gasteiger partial charge in [-0.1, -0.05) is 5.10 Å². The lowest BCUT2D eigenvalue weighted by atomic mass is 10.1. The Labute approximate surface area is 169 Å². The van der Waals surface area contributed by atoms with Gasteiger partial charge in [-0.15, -0.1) is 5.10 Å². The number of ether oxygens (including phenoxy) is 6. The molecule has 0 atom stereocenters. The quantitative estimate of drug-likeness (QED) is 0.292. The lowest BCUT2D eigenvalue weighted by Gasteiger charge is -2.13. The topological polar surface area (TPSA) is 121 Å². The van der Waals surface area contributed by atoms with Gasteiger partial charge in [-0.05, 0) is 39.8 Å². The van der Waals surface area contributed by atoms with Crippen molar-refractivity contribution in [1.29, 1.82) is 5.26 Å². The maximum atomic E-state index is 11.7. The van der Waals surface area contributed by atoms with E-state index >= 15 is 0 Å². The number of hydrogen-bond donors (Lipinski definition) is 0. The fourth-order valence-corrected chi connectivity index (χ4v) is 2.01. The number of rotatable bonds is 7. The van der Waals surface area contributed by atoms with Crippen LogP contribution in [-0.4, -0.2) is 51.5 Å². The highest BCUT2D eigenvalue weighted by molar-refractivity contribution is 6.12. The van der Waals surface area contributed by atoms with Gasteiger partial charge in [0.2, 0.25) is 5.75 Å². The Morgan fingerprint density at radius 1 is 0.931 bits per heavy atom. The minimum atomic E-state index is -0.999. The Hall–Kier alpha value is -3.48. The summed E-state index contributed by atoms with van der Waals surface area (Å²) in [4.78, 5) is 11.7. The molecule has 0 heterocycles. The van der Waals surface area contributed by atoms with Gasteiger partial charge in [-0.25, -0.2) is 4.79 Å². The summed E-state index contributed by atoms with van der Waals surface area (Å²) in [6.07, 6.45) is -2.20. The van der Waals surface area contributed by atoms with Crippen LogP contribution in [0.1, 0.15) is 33.3 Å². The van der Waals surface area contributed by atoms with Crippen molar-refractivity contribution in [3.8, 4) is 23.3 Å². The number of hydrogen-bond acceptors (Lipinski definition) is 10. The standard InChI is InChI=1S/C19H25N3O7/c1-11(2)27-18(29-19(23)28-12(3)4)22-21-14(10-20)13-8-15(24-5)17(26-7)16(9-13)25-6/h8-9,11-12H,1-7H3/b21-14+,22-18-. The minimum absolute atomic E-state index is 0.102. The fourth-order valence-electron chi connectivity index (χ4n) is 2.01. The van der Waals surface area contributed by atoms with E-state index in [0.29, 0.717) is 22.8 Å². The van der Waals surface area contributed by atoms with E-state index in [2.05, 4.69) is 10.2 Å². The van der Waals surface area contributed by atoms with Crippen molar-refractivity contribution in [2.24, 2.45) is 10.2 Å². The first-order valence-corrected chi connectivity index (χ1v) is 8.66. The first kappa shape index (κ1) is 23.6. The zero-order chi connectivity index (χ0) is 22.0. The molecule has 0 saturated heterocycles. The summed E-state index contributed by atoms with van der Waals surface area (Å²) >= 11 is 0. The Bertz CT molecular complexity index is 786. The third kappa shape index (κ3) is 7.21. The van der Waals surface area contributed by atoms with E-state index in [-0.39, 0.29) is 17.9 Å². The monoisotopic (exact) mass is 407 g/mol. The second-order valence-electron chi connectivity index (χ2n) is 6.03. The van der Waals surface area contributed by atoms with E-state index in [0.717, 1.165) is 0 Å². The van der Waals surface area contributed by atoms with Gasteiger partial charge in [0.25, 0.3) is 0 Å². The highest BCUT2D eigenvalue weighted by Crippen LogP contribution is 2.38. The molecule has 10 heteroatoms. The second kappa shape index (κ2) is 11.4. The van der Waals surface area contributed by atoms with Crippen LogP contribution in [0.15, 0.2) is 22.3 Å². The second-order valence-corrected chi connectivity index (χ2v) is 6.03. The number of carbonyl (C=O) groups excluding carboxylic acids is 1. The summed E-state index contributed by atoms with van der Waals surface area (Å²) in [7, 11) is 4.36. The van der Waals surface area contributed by atoms with Gasteiger partial charge in [-0.3, -0.25) is 0 Å². The molecule has 1 rings (SSSR count). The van der Waals surface area contributed by atoms with Gasteiger partial charge in [0.1, 0.15) is 6.07 Å². The van der Waals surface area contributed by atoms with Crippen LogP contribution in [-0.2, 0) is 14.2 Å². The zero-order valence-corrected chi connectivity index (χ0v) is 17.5. The smallest absolute Gasteiger partial charge is 0.493 e. The van der Waals surface area contributed by atoms with Crippen molar-refractivity contribution in [1.82, 2.24) is 0 Å². The number of nitriles is 1. The predicted octanol–water partition coefficient (Wildman–Crippen LogP) is 3.28. The molecule has 0 spiro atoms. The molecule has 0 amide bonds. The Balaban J connectivity index is 3.31. The molecule has 1 aromatic rings. The normalized spacial score (nSPS) is 11.7. The molecule has 158 valence electrons. The van der Waals surface area contributed by atoms with Crippen molar-refractivity contribution in [3.63, 3.8) is 0 Å². The van der Waals surface area contributed by atoms with Crippen molar-refractivity contribution < 1.29 is 33.2 Å². The Kier molecular flexibility index (Phi) is 9.25. The van der Waals surface area contributed by atoms with Crippen LogP contribution in [0, 0.1) is 11.3 Å². The summed E-state index contributed by atoms with van der Waals surface area (Å²) in [5.74, 6) is 1.04. The zero-order valence-electron chi connectivity index (χ0n) is 17.5. The number of methoxy groups -OCH3 is 3. The van der Waals surface area contributed by atoms with Crippen LogP contribution in [0.3, 0.4) is 0 Å². The first-order chi connectivity index (χ1) is 13.7. The van der Waals surface area contributed by atoms with Gasteiger partial charge in [0.05, 0.1) is 33.5 Å². The molecule has 1 aromatic carbocycles. The van der Waals surface area contributed by atoms with E-state index in [9.17, 15) is 10.1 Å². The summed E-state index contributed by atoms with van der Waals surface area (Å²) in [6.45, 7) is 6.75. The summed E-state index contributed by atoms with van der Waals surface area (Å²) in [6, 6.07) is 4.99. The van der Waals surface area contributed by atoms with Crippen molar-refractivity contribution in [2.45, 2.75) is 39.9 Å². The fraction of sp³-hybridized carbons (Fsp3) is 0.474. The van der Waals surface area contributed by atoms with Crippen molar-refractivity contribution >= 4 is 18.0 Å². The molecular formula is C19H25N3O7. The van der Waals surface area contributed by atoms with E-state index in [1.807, 2.05) is 6.07 Å². The van der Waals surface area contributed by atoms with E-state index in [1.54, 1.807) is 27.7 Å². The van der Waals surface area contributed by atoms with Crippen LogP contribution in [0.5, 0.6) is 17.2 Å². The Morgan fingerprint density at radius 2 is 1.48 bits per heavy atom. The van der Waals surface area contributed by atoms with Gasteiger partial charge in [0.15, 0.2) is 17.2 Å². The van der Waals surface area contributed by atoms with E-state index in [4.69, 9.17) is 28.4 Å². The van der Waals surface area contributed by atoms with Gasteiger partial charge in [-0.2, -0.15) is 5.26 Å². The molecule has 0 fully saturated rings. The highest BCUT2D eigenvalue weighted by atomic mass is 16.8. The third-order valence-electron chi connectivity index (χ3n) is 3.11. The molecular weight excluding hydrogens is 382 g/mol. The molecule has 29 heavy (non-hydrogen) atoms. The summed E-state index contributed by atoms with van der Waals surface area (Å²) in [5, 5.41) is 17.1. The first-order valence-electron chi connectivity index (χ1n) is 8.66. The van der Waals surface area contributed by atoms with Crippen LogP contribution < -0.4 is 14.2 Å². The molecule has 0 saturated carbocycles. The maximum Gasteiger partial charge on any atom is 0.517 e. The van der Waals surface area contributed by atoms with E-state index in [1.165, 1.54) is 33.5 Å². The van der Waals surface area contributed by atoms with Gasteiger partial charge >= 0.3 is 12.2 Å². The van der Waals surface area contributed by atoms with Crippen LogP contribution in [0.2, 0.25) is 0 Å². The average molecular weight is 407 g/mol. The molecule has 0 radical (unpaired) electrons. The lowest BCUT2D eigenvalue weighted by Crippen LogP contribution is -2.21. The third-order valence-corrected chi connectivity index (χ3v) is 3.11. The van der Waals surface area contributed by atoms with Gasteiger partial charge < -0.3 is 28.4 Å². The molecule has 0 aliphatic rings. The molecule has 0 N–H and O–H groups in total. The van der Waals surface area contributed by atoms with Crippen LogP contribution >= 0.6 is 0 Å². The van der Waals surface area contributed by atoms with Crippen molar-refractivity contribution in [2.75, 3.05) is 21.3 Å². The van der Waals surface area contributed by atoms with Crippen LogP contribution in [0.4, 0.5) is 4.79 Å². The Morgan fingerprint density at radius 3 is 1.90 bits per heavy atom. The largest absolute Gasteiger partial charge is 0.517 e. The lowest BCUT2D eigenvalue weighted by molar-refractivity contribution is 0.0502. The summed E-state index contributed by atoms with van der Waals surface area (Å²) < 4.78 is 30.9. The van der Waals surface area contributed by atoms with Gasteiger partial charge in [0, 0.05) is 5.56 Å².